The van der Waals surface area contributed by atoms with Crippen molar-refractivity contribution in [3.8, 4) is 0 Å². The van der Waals surface area contributed by atoms with Crippen LogP contribution >= 0.6 is 11.6 Å². The van der Waals surface area contributed by atoms with E-state index >= 15 is 0 Å². The molecule has 1 heterocycles. The van der Waals surface area contributed by atoms with E-state index < -0.39 is 0 Å². The lowest BCUT2D eigenvalue weighted by molar-refractivity contribution is -0.115. The Kier molecular flexibility index (Phi) is 3.16. The second kappa shape index (κ2) is 4.98. The third-order valence-corrected chi connectivity index (χ3v) is 3.54. The van der Waals surface area contributed by atoms with Gasteiger partial charge in [0.1, 0.15) is 6.54 Å². The molecule has 0 aliphatic carbocycles. The SMILES string of the molecule is O=Cc1c(Cl)cccc1N1CC(=O)Nc2ccccc21. The van der Waals surface area contributed by atoms with Gasteiger partial charge in [0, 0.05) is 0 Å². The lowest BCUT2D eigenvalue weighted by atomic mass is 10.1. The molecule has 0 spiro atoms. The van der Waals surface area contributed by atoms with Crippen LogP contribution in [0.3, 0.4) is 0 Å². The second-order valence-electron chi connectivity index (χ2n) is 4.44. The number of nitrogens with zero attached hydrogens (tertiary/aromatic N) is 1. The summed E-state index contributed by atoms with van der Waals surface area (Å²) in [5.41, 5.74) is 2.59. The molecule has 2 aromatic carbocycles. The summed E-state index contributed by atoms with van der Waals surface area (Å²) in [4.78, 5) is 24.9. The molecule has 1 aliphatic heterocycles. The smallest absolute Gasteiger partial charge is 0.244 e. The summed E-state index contributed by atoms with van der Waals surface area (Å²) in [5.74, 6) is -0.125. The molecule has 0 atom stereocenters. The fourth-order valence-corrected chi connectivity index (χ4v) is 2.54. The molecular formula is C15H11ClN2O2. The lowest BCUT2D eigenvalue weighted by Crippen LogP contribution is -2.35. The van der Waals surface area contributed by atoms with Crippen molar-refractivity contribution in [3.63, 3.8) is 0 Å². The number of halogens is 1. The highest BCUT2D eigenvalue weighted by molar-refractivity contribution is 6.33. The van der Waals surface area contributed by atoms with Crippen LogP contribution in [0.25, 0.3) is 0 Å². The molecular weight excluding hydrogens is 276 g/mol. The third-order valence-electron chi connectivity index (χ3n) is 3.21. The van der Waals surface area contributed by atoms with Crippen LogP contribution in [-0.2, 0) is 4.79 Å². The van der Waals surface area contributed by atoms with Crippen molar-refractivity contribution in [2.24, 2.45) is 0 Å². The molecule has 5 heteroatoms. The fraction of sp³-hybridized carbons (Fsp3) is 0.0667. The number of fused-ring (bicyclic) bond motifs is 1. The number of para-hydroxylation sites is 2. The summed E-state index contributed by atoms with van der Waals surface area (Å²) in [5, 5.41) is 3.19. The number of aldehydes is 1. The highest BCUT2D eigenvalue weighted by atomic mass is 35.5. The monoisotopic (exact) mass is 286 g/mol. The molecule has 0 fully saturated rings. The quantitative estimate of drug-likeness (QED) is 0.862. The van der Waals surface area contributed by atoms with Crippen LogP contribution in [0.2, 0.25) is 5.02 Å². The number of anilines is 3. The molecule has 4 nitrogen and oxygen atoms in total. The van der Waals surface area contributed by atoms with E-state index in [9.17, 15) is 9.59 Å². The molecule has 0 saturated heterocycles. The van der Waals surface area contributed by atoms with Gasteiger partial charge in [-0.05, 0) is 24.3 Å². The zero-order valence-electron chi connectivity index (χ0n) is 10.5. The fourth-order valence-electron chi connectivity index (χ4n) is 2.33. The number of carbonyl (C=O) groups is 2. The van der Waals surface area contributed by atoms with Gasteiger partial charge >= 0.3 is 0 Å². The van der Waals surface area contributed by atoms with Crippen molar-refractivity contribution in [1.29, 1.82) is 0 Å². The largest absolute Gasteiger partial charge is 0.330 e. The molecule has 0 bridgehead atoms. The van der Waals surface area contributed by atoms with Gasteiger partial charge in [0.2, 0.25) is 5.91 Å². The maximum absolute atomic E-state index is 11.8. The predicted molar refractivity (Wildman–Crippen MR) is 78.9 cm³/mol. The van der Waals surface area contributed by atoms with Crippen LogP contribution in [-0.4, -0.2) is 18.7 Å². The minimum absolute atomic E-state index is 0.125. The van der Waals surface area contributed by atoms with E-state index in [1.165, 1.54) is 0 Å². The lowest BCUT2D eigenvalue weighted by Gasteiger charge is -2.31. The van der Waals surface area contributed by atoms with E-state index in [-0.39, 0.29) is 12.5 Å². The normalized spacial score (nSPS) is 13.7. The van der Waals surface area contributed by atoms with Gasteiger partial charge in [-0.2, -0.15) is 0 Å². The van der Waals surface area contributed by atoms with Gasteiger partial charge in [0.15, 0.2) is 6.29 Å². The average molecular weight is 287 g/mol. The van der Waals surface area contributed by atoms with Crippen LogP contribution in [0.15, 0.2) is 42.5 Å². The minimum Gasteiger partial charge on any atom is -0.330 e. The Morgan fingerprint density at radius 1 is 1.10 bits per heavy atom. The van der Waals surface area contributed by atoms with E-state index in [2.05, 4.69) is 5.32 Å². The molecule has 1 N–H and O–H groups in total. The number of hydrogen-bond donors (Lipinski definition) is 1. The molecule has 0 saturated carbocycles. The van der Waals surface area contributed by atoms with E-state index in [0.717, 1.165) is 11.4 Å². The van der Waals surface area contributed by atoms with Crippen molar-refractivity contribution >= 4 is 40.9 Å². The Labute approximate surface area is 121 Å². The van der Waals surface area contributed by atoms with Gasteiger partial charge in [-0.1, -0.05) is 29.8 Å². The third kappa shape index (κ3) is 2.04. The summed E-state index contributed by atoms with van der Waals surface area (Å²) in [6.45, 7) is 0.151. The molecule has 1 aliphatic rings. The van der Waals surface area contributed by atoms with Crippen molar-refractivity contribution in [3.05, 3.63) is 53.1 Å². The van der Waals surface area contributed by atoms with E-state index in [1.807, 2.05) is 24.3 Å². The zero-order chi connectivity index (χ0) is 14.1. The van der Waals surface area contributed by atoms with Crippen molar-refractivity contribution in [2.45, 2.75) is 0 Å². The van der Waals surface area contributed by atoms with Crippen LogP contribution < -0.4 is 10.2 Å². The first-order valence-corrected chi connectivity index (χ1v) is 6.48. The Morgan fingerprint density at radius 3 is 2.65 bits per heavy atom. The van der Waals surface area contributed by atoms with Crippen LogP contribution in [0.5, 0.6) is 0 Å². The van der Waals surface area contributed by atoms with Gasteiger partial charge in [-0.25, -0.2) is 0 Å². The number of benzene rings is 2. The van der Waals surface area contributed by atoms with Gasteiger partial charge in [0.25, 0.3) is 0 Å². The zero-order valence-corrected chi connectivity index (χ0v) is 11.2. The molecule has 3 rings (SSSR count). The topological polar surface area (TPSA) is 49.4 Å². The first-order chi connectivity index (χ1) is 9.70. The molecule has 0 aromatic heterocycles. The average Bonchev–Trinajstić information content (AvgIpc) is 2.46. The molecule has 0 radical (unpaired) electrons. The highest BCUT2D eigenvalue weighted by Crippen LogP contribution is 2.37. The Balaban J connectivity index is 2.18. The van der Waals surface area contributed by atoms with Crippen LogP contribution in [0, 0.1) is 0 Å². The molecule has 0 unspecified atom stereocenters. The van der Waals surface area contributed by atoms with Gasteiger partial charge in [-0.15, -0.1) is 0 Å². The number of nitrogens with one attached hydrogen (secondary N) is 1. The highest BCUT2D eigenvalue weighted by Gasteiger charge is 2.24. The molecule has 1 amide bonds. The van der Waals surface area contributed by atoms with Gasteiger partial charge < -0.3 is 10.2 Å². The standard InChI is InChI=1S/C15H11ClN2O2/c16-11-4-3-7-13(10(11)9-19)18-8-15(20)17-12-5-1-2-6-14(12)18/h1-7,9H,8H2,(H,17,20). The Morgan fingerprint density at radius 2 is 1.85 bits per heavy atom. The summed E-state index contributed by atoms with van der Waals surface area (Å²) >= 11 is 6.05. The van der Waals surface area contributed by atoms with Crippen LogP contribution in [0.4, 0.5) is 17.1 Å². The number of carbonyl (C=O) groups excluding carboxylic acids is 2. The maximum Gasteiger partial charge on any atom is 0.244 e. The molecule has 100 valence electrons. The Bertz CT molecular complexity index is 700. The summed E-state index contributed by atoms with van der Waals surface area (Å²) in [7, 11) is 0. The number of rotatable bonds is 2. The second-order valence-corrected chi connectivity index (χ2v) is 4.85. The van der Waals surface area contributed by atoms with E-state index in [4.69, 9.17) is 11.6 Å². The Hall–Kier alpha value is -2.33. The summed E-state index contributed by atoms with van der Waals surface area (Å²) < 4.78 is 0. The van der Waals surface area contributed by atoms with E-state index in [1.54, 1.807) is 23.1 Å². The van der Waals surface area contributed by atoms with Crippen molar-refractivity contribution in [1.82, 2.24) is 0 Å². The predicted octanol–water partition coefficient (Wildman–Crippen LogP) is 3.24. The molecule has 2 aromatic rings. The number of amides is 1. The number of hydrogen-bond acceptors (Lipinski definition) is 3. The van der Waals surface area contributed by atoms with Crippen LogP contribution in [0.1, 0.15) is 10.4 Å². The summed E-state index contributed by atoms with van der Waals surface area (Å²) in [6, 6.07) is 12.7. The van der Waals surface area contributed by atoms with Crippen molar-refractivity contribution < 1.29 is 9.59 Å². The first kappa shape index (κ1) is 12.7. The minimum atomic E-state index is -0.125. The van der Waals surface area contributed by atoms with Gasteiger partial charge in [-0.3, -0.25) is 9.59 Å². The van der Waals surface area contributed by atoms with Gasteiger partial charge in [0.05, 0.1) is 27.6 Å². The molecule has 20 heavy (non-hydrogen) atoms. The summed E-state index contributed by atoms with van der Waals surface area (Å²) in [6.07, 6.45) is 0.715. The van der Waals surface area contributed by atoms with Crippen molar-refractivity contribution in [2.75, 3.05) is 16.8 Å². The maximum atomic E-state index is 11.8. The van der Waals surface area contributed by atoms with E-state index in [0.29, 0.717) is 22.6 Å². The first-order valence-electron chi connectivity index (χ1n) is 6.11.